The molecule has 214 valence electrons. The molecule has 0 heteroatoms. The van der Waals surface area contributed by atoms with Crippen LogP contribution in [0.15, 0.2) is 117 Å². The zero-order valence-corrected chi connectivity index (χ0v) is 26.3. The summed E-state index contributed by atoms with van der Waals surface area (Å²) >= 11 is 0. The molecular weight excluding hydrogens is 480 g/mol. The van der Waals surface area contributed by atoms with E-state index in [1.807, 2.05) is 50.2 Å². The number of hydrogen-bond acceptors (Lipinski definition) is 0. The van der Waals surface area contributed by atoms with Crippen molar-refractivity contribution in [1.29, 1.82) is 0 Å². The second-order valence-electron chi connectivity index (χ2n) is 11.3. The summed E-state index contributed by atoms with van der Waals surface area (Å²) in [4.78, 5) is 0. The van der Waals surface area contributed by atoms with E-state index in [2.05, 4.69) is 103 Å². The zero-order chi connectivity index (χ0) is 29.9. The minimum Gasteiger partial charge on any atom is -0.100 e. The van der Waals surface area contributed by atoms with Gasteiger partial charge in [0.1, 0.15) is 0 Å². The molecule has 0 aromatic heterocycles. The standard InChI is InChI=1S/C19H26.2C9H10.C3H8/c1-14(2)12-16-8-10-17(11-9-16)19-7-5-6-18(13-19)15(3)4;2*1-8(2)9-6-4-3-5-7-9;1-3-2/h5-7,13,16-17H,1,3,8-12H2,2,4H3;2*3-7H,1H2,2H3;3H2,1-2H3. The predicted molar refractivity (Wildman–Crippen MR) is 184 cm³/mol. The lowest BCUT2D eigenvalue weighted by atomic mass is 9.76. The Hall–Kier alpha value is -3.38. The van der Waals surface area contributed by atoms with Gasteiger partial charge in [0.2, 0.25) is 0 Å². The third-order valence-corrected chi connectivity index (χ3v) is 6.87. The quantitative estimate of drug-likeness (QED) is 0.276. The molecule has 0 amide bonds. The van der Waals surface area contributed by atoms with Gasteiger partial charge in [-0.1, -0.05) is 147 Å². The first-order valence-corrected chi connectivity index (χ1v) is 14.9. The number of rotatable bonds is 6. The second-order valence-corrected chi connectivity index (χ2v) is 11.3. The van der Waals surface area contributed by atoms with Gasteiger partial charge in [-0.3, -0.25) is 0 Å². The maximum Gasteiger partial charge on any atom is -0.0162 e. The van der Waals surface area contributed by atoms with Gasteiger partial charge in [-0.05, 0) is 93.9 Å². The Bertz CT molecular complexity index is 1110. The molecule has 0 saturated heterocycles. The van der Waals surface area contributed by atoms with E-state index < -0.39 is 0 Å². The number of allylic oxidation sites excluding steroid dienone is 4. The lowest BCUT2D eigenvalue weighted by Crippen LogP contribution is -2.13. The van der Waals surface area contributed by atoms with E-state index >= 15 is 0 Å². The SMILES string of the molecule is C=C(C)CC1CCC(c2cccc(C(=C)C)c2)CC1.C=C(C)c1ccccc1.C=C(C)c1ccccc1.CCC. The van der Waals surface area contributed by atoms with Crippen molar-refractivity contribution in [1.82, 2.24) is 0 Å². The van der Waals surface area contributed by atoms with E-state index in [1.165, 1.54) is 66.4 Å². The van der Waals surface area contributed by atoms with Gasteiger partial charge >= 0.3 is 0 Å². The molecule has 0 unspecified atom stereocenters. The van der Waals surface area contributed by atoms with E-state index in [-0.39, 0.29) is 0 Å². The van der Waals surface area contributed by atoms with Crippen LogP contribution in [0, 0.1) is 5.92 Å². The molecule has 0 nitrogen and oxygen atoms in total. The molecule has 0 atom stereocenters. The fourth-order valence-corrected chi connectivity index (χ4v) is 4.70. The van der Waals surface area contributed by atoms with Gasteiger partial charge in [-0.25, -0.2) is 0 Å². The maximum absolute atomic E-state index is 4.05. The van der Waals surface area contributed by atoms with Crippen LogP contribution < -0.4 is 0 Å². The van der Waals surface area contributed by atoms with Crippen LogP contribution in [0.4, 0.5) is 0 Å². The summed E-state index contributed by atoms with van der Waals surface area (Å²) in [6.07, 6.45) is 7.84. The molecule has 3 aromatic rings. The van der Waals surface area contributed by atoms with Gasteiger partial charge in [0, 0.05) is 0 Å². The fourth-order valence-electron chi connectivity index (χ4n) is 4.70. The highest BCUT2D eigenvalue weighted by Gasteiger charge is 2.22. The van der Waals surface area contributed by atoms with Crippen LogP contribution in [0.5, 0.6) is 0 Å². The molecule has 1 saturated carbocycles. The molecule has 3 aromatic carbocycles. The van der Waals surface area contributed by atoms with Crippen molar-refractivity contribution >= 4 is 16.7 Å². The zero-order valence-electron chi connectivity index (χ0n) is 26.3. The third-order valence-electron chi connectivity index (χ3n) is 6.87. The molecule has 0 aliphatic heterocycles. The van der Waals surface area contributed by atoms with E-state index in [9.17, 15) is 0 Å². The van der Waals surface area contributed by atoms with Crippen molar-refractivity contribution < 1.29 is 0 Å². The Morgan fingerprint density at radius 2 is 0.975 bits per heavy atom. The largest absolute Gasteiger partial charge is 0.100 e. The Labute approximate surface area is 247 Å². The van der Waals surface area contributed by atoms with E-state index in [0.717, 1.165) is 28.6 Å². The van der Waals surface area contributed by atoms with Gasteiger partial charge in [0.25, 0.3) is 0 Å². The van der Waals surface area contributed by atoms with Crippen LogP contribution in [0.1, 0.15) is 108 Å². The van der Waals surface area contributed by atoms with Gasteiger partial charge < -0.3 is 0 Å². The molecule has 0 heterocycles. The van der Waals surface area contributed by atoms with Gasteiger partial charge in [0.05, 0.1) is 0 Å². The second kappa shape index (κ2) is 19.6. The summed E-state index contributed by atoms with van der Waals surface area (Å²) in [7, 11) is 0. The average molecular weight is 535 g/mol. The Kier molecular flexibility index (Phi) is 17.0. The summed E-state index contributed by atoms with van der Waals surface area (Å²) in [5.41, 5.74) is 9.99. The van der Waals surface area contributed by atoms with Crippen molar-refractivity contribution in [3.05, 3.63) is 139 Å². The van der Waals surface area contributed by atoms with E-state index in [1.54, 1.807) is 0 Å². The molecule has 1 fully saturated rings. The molecule has 1 aliphatic carbocycles. The van der Waals surface area contributed by atoms with Crippen LogP contribution in [0.3, 0.4) is 0 Å². The summed E-state index contributed by atoms with van der Waals surface area (Å²) in [6, 6.07) is 29.3. The van der Waals surface area contributed by atoms with E-state index in [4.69, 9.17) is 0 Å². The first-order valence-electron chi connectivity index (χ1n) is 14.9. The Morgan fingerprint density at radius 1 is 0.575 bits per heavy atom. The van der Waals surface area contributed by atoms with Crippen molar-refractivity contribution in [2.45, 2.75) is 86.0 Å². The van der Waals surface area contributed by atoms with Gasteiger partial charge in [-0.15, -0.1) is 6.58 Å². The van der Waals surface area contributed by atoms with E-state index in [0.29, 0.717) is 0 Å². The van der Waals surface area contributed by atoms with Crippen molar-refractivity contribution in [2.24, 2.45) is 5.92 Å². The molecule has 1 aliphatic rings. The molecule has 4 rings (SSSR count). The monoisotopic (exact) mass is 534 g/mol. The van der Waals surface area contributed by atoms with Gasteiger partial charge in [0.15, 0.2) is 0 Å². The van der Waals surface area contributed by atoms with Crippen LogP contribution in [0.25, 0.3) is 16.7 Å². The van der Waals surface area contributed by atoms with Crippen molar-refractivity contribution in [2.75, 3.05) is 0 Å². The Morgan fingerprint density at radius 3 is 1.32 bits per heavy atom. The molecule has 0 spiro atoms. The highest BCUT2D eigenvalue weighted by molar-refractivity contribution is 5.62. The molecule has 0 N–H and O–H groups in total. The molecule has 0 radical (unpaired) electrons. The first-order chi connectivity index (χ1) is 19.1. The first kappa shape index (κ1) is 34.6. The molecular formula is C40H54. The Balaban J connectivity index is 0.000000317. The minimum atomic E-state index is 0.751. The fraction of sp³-hybridized carbons (Fsp3) is 0.350. The summed E-state index contributed by atoms with van der Waals surface area (Å²) in [6.45, 7) is 28.3. The summed E-state index contributed by atoms with van der Waals surface area (Å²) in [5, 5.41) is 0. The van der Waals surface area contributed by atoms with Crippen LogP contribution in [0.2, 0.25) is 0 Å². The van der Waals surface area contributed by atoms with Crippen molar-refractivity contribution in [3.63, 3.8) is 0 Å². The predicted octanol–water partition coefficient (Wildman–Crippen LogP) is 12.8. The normalized spacial score (nSPS) is 15.4. The lowest BCUT2D eigenvalue weighted by molar-refractivity contribution is 0.324. The number of benzene rings is 3. The summed E-state index contributed by atoms with van der Waals surface area (Å²) in [5.74, 6) is 1.62. The maximum atomic E-state index is 4.05. The third kappa shape index (κ3) is 14.1. The van der Waals surface area contributed by atoms with Gasteiger partial charge in [-0.2, -0.15) is 0 Å². The smallest absolute Gasteiger partial charge is 0.0162 e. The molecule has 40 heavy (non-hydrogen) atoms. The average Bonchev–Trinajstić information content (AvgIpc) is 2.95. The highest BCUT2D eigenvalue weighted by Crippen LogP contribution is 2.38. The lowest BCUT2D eigenvalue weighted by Gasteiger charge is -2.29. The summed E-state index contributed by atoms with van der Waals surface area (Å²) < 4.78 is 0. The van der Waals surface area contributed by atoms with Crippen LogP contribution in [-0.2, 0) is 0 Å². The highest BCUT2D eigenvalue weighted by atomic mass is 14.3. The minimum absolute atomic E-state index is 0.751. The number of hydrogen-bond donors (Lipinski definition) is 0. The topological polar surface area (TPSA) is 0 Å². The van der Waals surface area contributed by atoms with Crippen LogP contribution in [-0.4, -0.2) is 0 Å². The van der Waals surface area contributed by atoms with Crippen LogP contribution >= 0.6 is 0 Å². The van der Waals surface area contributed by atoms with Crippen molar-refractivity contribution in [3.8, 4) is 0 Å². The molecule has 0 bridgehead atoms.